The Bertz CT molecular complexity index is 211. The molecule has 0 spiro atoms. The summed E-state index contributed by atoms with van der Waals surface area (Å²) < 4.78 is 4.88. The predicted molar refractivity (Wildman–Crippen MR) is 54.7 cm³/mol. The van der Waals surface area contributed by atoms with Crippen LogP contribution in [0.5, 0.6) is 0 Å². The summed E-state index contributed by atoms with van der Waals surface area (Å²) in [5.74, 6) is -0.604. The van der Waals surface area contributed by atoms with Gasteiger partial charge in [0, 0.05) is 4.24 Å². The second-order valence-electron chi connectivity index (χ2n) is 2.38. The number of ether oxygens (including phenoxy) is 1. The summed E-state index contributed by atoms with van der Waals surface area (Å²) in [5, 5.41) is 17.3. The van der Waals surface area contributed by atoms with Gasteiger partial charge in [0.25, 0.3) is 0 Å². The number of aliphatic hydroxyl groups excluding tert-OH is 2. The molecule has 76 valence electrons. The highest BCUT2D eigenvalue weighted by Crippen LogP contribution is 2.13. The van der Waals surface area contributed by atoms with E-state index in [0.717, 1.165) is 0 Å². The maximum absolute atomic E-state index is 11.0. The lowest BCUT2D eigenvalue weighted by molar-refractivity contribution is -0.142. The van der Waals surface area contributed by atoms with Crippen LogP contribution in [0.1, 0.15) is 6.92 Å². The van der Waals surface area contributed by atoms with E-state index in [4.69, 9.17) is 10.2 Å². The average Bonchev–Trinajstić information content (AvgIpc) is 2.11. The number of aliphatic hydroxyl groups is 2. The number of hydrogen-bond acceptors (Lipinski definition) is 6. The Balaban J connectivity index is 3.96. The van der Waals surface area contributed by atoms with Crippen molar-refractivity contribution in [3.8, 4) is 0 Å². The maximum Gasteiger partial charge on any atom is 0.335 e. The van der Waals surface area contributed by atoms with Gasteiger partial charge in [0.2, 0.25) is 0 Å². The Kier molecular flexibility index (Phi) is 6.23. The van der Waals surface area contributed by atoms with Crippen LogP contribution in [0.3, 0.4) is 0 Å². The van der Waals surface area contributed by atoms with Crippen molar-refractivity contribution in [1.82, 2.24) is 0 Å². The van der Waals surface area contributed by atoms with Crippen LogP contribution >= 0.6 is 25.3 Å². The number of carbonyl (C=O) groups excluding carboxylic acids is 1. The number of rotatable bonds is 4. The fraction of sp³-hybridized carbons (Fsp3) is 0.571. The molecule has 1 unspecified atom stereocenters. The van der Waals surface area contributed by atoms with Crippen molar-refractivity contribution in [2.75, 3.05) is 13.2 Å². The van der Waals surface area contributed by atoms with Crippen molar-refractivity contribution in [3.63, 3.8) is 0 Å². The predicted octanol–water partition coefficient (Wildman–Crippen LogP) is -0.0261. The first kappa shape index (κ1) is 12.8. The number of thiol groups is 2. The van der Waals surface area contributed by atoms with Gasteiger partial charge in [-0.1, -0.05) is 0 Å². The normalized spacial score (nSPS) is 12.1. The monoisotopic (exact) mass is 224 g/mol. The summed E-state index contributed by atoms with van der Waals surface area (Å²) >= 11 is 7.66. The first-order chi connectivity index (χ1) is 5.99. The van der Waals surface area contributed by atoms with Gasteiger partial charge in [-0.25, -0.2) is 4.79 Å². The Hall–Kier alpha value is -0.170. The standard InChI is InChI=1S/C7H12O4S2/c1-4(7(12)13)6(10)11-3-5(9)2-8/h5,8-9,12-13H,2-3H2,1H3. The largest absolute Gasteiger partial charge is 0.459 e. The lowest BCUT2D eigenvalue weighted by atomic mass is 10.3. The lowest BCUT2D eigenvalue weighted by Gasteiger charge is -2.08. The van der Waals surface area contributed by atoms with Crippen LogP contribution in [-0.2, 0) is 9.53 Å². The van der Waals surface area contributed by atoms with E-state index in [1.807, 2.05) is 0 Å². The van der Waals surface area contributed by atoms with Gasteiger partial charge >= 0.3 is 5.97 Å². The molecule has 0 radical (unpaired) electrons. The van der Waals surface area contributed by atoms with E-state index in [9.17, 15) is 4.79 Å². The minimum Gasteiger partial charge on any atom is -0.459 e. The van der Waals surface area contributed by atoms with Crippen LogP contribution in [0.4, 0.5) is 0 Å². The number of carbonyl (C=O) groups is 1. The zero-order valence-electron chi connectivity index (χ0n) is 7.10. The van der Waals surface area contributed by atoms with Gasteiger partial charge in [0.15, 0.2) is 0 Å². The van der Waals surface area contributed by atoms with E-state index in [0.29, 0.717) is 0 Å². The van der Waals surface area contributed by atoms with Crippen molar-refractivity contribution >= 4 is 31.2 Å². The molecule has 0 aromatic rings. The van der Waals surface area contributed by atoms with E-state index < -0.39 is 18.7 Å². The van der Waals surface area contributed by atoms with E-state index in [1.165, 1.54) is 6.92 Å². The molecule has 0 saturated heterocycles. The summed E-state index contributed by atoms with van der Waals surface area (Å²) in [7, 11) is 0. The van der Waals surface area contributed by atoms with Gasteiger partial charge in [0.1, 0.15) is 12.7 Å². The second kappa shape index (κ2) is 6.31. The molecule has 0 aromatic heterocycles. The smallest absolute Gasteiger partial charge is 0.335 e. The summed E-state index contributed by atoms with van der Waals surface area (Å²) in [6, 6.07) is 0. The van der Waals surface area contributed by atoms with E-state index >= 15 is 0 Å². The summed E-state index contributed by atoms with van der Waals surface area (Å²) in [5.41, 5.74) is 0.261. The molecule has 4 nitrogen and oxygen atoms in total. The number of esters is 1. The van der Waals surface area contributed by atoms with E-state index in [2.05, 4.69) is 30.0 Å². The van der Waals surface area contributed by atoms with Crippen LogP contribution in [0.2, 0.25) is 0 Å². The fourth-order valence-corrected chi connectivity index (χ4v) is 0.607. The minimum atomic E-state index is -1.04. The van der Waals surface area contributed by atoms with Gasteiger partial charge in [-0.2, -0.15) is 0 Å². The summed E-state index contributed by atoms with van der Waals surface area (Å²) in [6.07, 6.45) is -1.04. The van der Waals surface area contributed by atoms with Gasteiger partial charge in [-0.15, -0.1) is 25.3 Å². The third-order valence-corrected chi connectivity index (χ3v) is 1.93. The second-order valence-corrected chi connectivity index (χ2v) is 3.63. The van der Waals surface area contributed by atoms with Crippen LogP contribution in [0, 0.1) is 0 Å². The van der Waals surface area contributed by atoms with Crippen molar-refractivity contribution < 1.29 is 19.7 Å². The Morgan fingerprint density at radius 3 is 2.46 bits per heavy atom. The summed E-state index contributed by atoms with van der Waals surface area (Å²) in [4.78, 5) is 11.0. The van der Waals surface area contributed by atoms with Gasteiger partial charge in [-0.3, -0.25) is 0 Å². The molecule has 0 aliphatic rings. The average molecular weight is 224 g/mol. The summed E-state index contributed by atoms with van der Waals surface area (Å²) in [6.45, 7) is 0.829. The molecule has 13 heavy (non-hydrogen) atoms. The molecule has 0 aliphatic heterocycles. The third-order valence-electron chi connectivity index (χ3n) is 1.26. The molecule has 0 fully saturated rings. The molecule has 6 heteroatoms. The molecule has 0 bridgehead atoms. The van der Waals surface area contributed by atoms with Crippen molar-refractivity contribution in [3.05, 3.63) is 9.81 Å². The van der Waals surface area contributed by atoms with Crippen molar-refractivity contribution in [2.45, 2.75) is 13.0 Å². The van der Waals surface area contributed by atoms with Gasteiger partial charge in [-0.05, 0) is 6.92 Å². The van der Waals surface area contributed by atoms with Gasteiger partial charge in [0.05, 0.1) is 12.2 Å². The Morgan fingerprint density at radius 2 is 2.08 bits per heavy atom. The van der Waals surface area contributed by atoms with E-state index in [-0.39, 0.29) is 16.4 Å². The molecule has 0 amide bonds. The highest BCUT2D eigenvalue weighted by Gasteiger charge is 2.10. The molecular formula is C7H12O4S2. The molecule has 0 aromatic carbocycles. The van der Waals surface area contributed by atoms with Crippen molar-refractivity contribution in [2.24, 2.45) is 0 Å². The molecule has 0 rings (SSSR count). The third kappa shape index (κ3) is 5.20. The minimum absolute atomic E-state index is 0.235. The Morgan fingerprint density at radius 1 is 1.54 bits per heavy atom. The zero-order chi connectivity index (χ0) is 10.4. The molecule has 2 N–H and O–H groups in total. The SMILES string of the molecule is CC(C(=O)OCC(O)CO)=C(S)S. The lowest BCUT2D eigenvalue weighted by Crippen LogP contribution is -2.22. The molecule has 1 atom stereocenters. The van der Waals surface area contributed by atoms with Crippen LogP contribution in [-0.4, -0.2) is 35.5 Å². The number of hydrogen-bond donors (Lipinski definition) is 4. The molecule has 0 heterocycles. The quantitative estimate of drug-likeness (QED) is 0.308. The van der Waals surface area contributed by atoms with E-state index in [1.54, 1.807) is 0 Å². The first-order valence-electron chi connectivity index (χ1n) is 3.54. The highest BCUT2D eigenvalue weighted by atomic mass is 32.2. The molecular weight excluding hydrogens is 212 g/mol. The highest BCUT2D eigenvalue weighted by molar-refractivity contribution is 8.05. The fourth-order valence-electron chi connectivity index (χ4n) is 0.424. The zero-order valence-corrected chi connectivity index (χ0v) is 8.89. The Labute approximate surface area is 87.4 Å². The molecule has 0 aliphatic carbocycles. The van der Waals surface area contributed by atoms with Gasteiger partial charge < -0.3 is 14.9 Å². The maximum atomic E-state index is 11.0. The first-order valence-corrected chi connectivity index (χ1v) is 4.43. The van der Waals surface area contributed by atoms with Crippen molar-refractivity contribution in [1.29, 1.82) is 0 Å². The topological polar surface area (TPSA) is 66.8 Å². The van der Waals surface area contributed by atoms with Crippen LogP contribution < -0.4 is 0 Å². The van der Waals surface area contributed by atoms with Crippen LogP contribution in [0.15, 0.2) is 9.81 Å². The van der Waals surface area contributed by atoms with Crippen LogP contribution in [0.25, 0.3) is 0 Å². The molecule has 0 saturated carbocycles.